The molecule has 9 nitrogen and oxygen atoms in total. The SMILES string of the molecule is CCn1c(C2CC2)nc2c(NC(=O)Nc3ccccn3)cc(Nc3ncc4cccc(C)c4n3)cc21. The summed E-state index contributed by atoms with van der Waals surface area (Å²) in [5.41, 5.74) is 5.07. The molecule has 2 amide bonds. The predicted molar refractivity (Wildman–Crippen MR) is 142 cm³/mol. The van der Waals surface area contributed by atoms with E-state index in [0.717, 1.165) is 58.4 Å². The van der Waals surface area contributed by atoms with E-state index in [0.29, 0.717) is 23.4 Å². The summed E-state index contributed by atoms with van der Waals surface area (Å²) < 4.78 is 2.23. The van der Waals surface area contributed by atoms with E-state index in [1.165, 1.54) is 0 Å². The number of para-hydroxylation sites is 1. The van der Waals surface area contributed by atoms with E-state index in [2.05, 4.69) is 37.4 Å². The Hall–Kier alpha value is -4.53. The van der Waals surface area contributed by atoms with Gasteiger partial charge in [0.05, 0.1) is 16.7 Å². The van der Waals surface area contributed by atoms with E-state index in [9.17, 15) is 4.79 Å². The molecule has 2 aromatic carbocycles. The first-order valence-corrected chi connectivity index (χ1v) is 12.1. The molecule has 0 bridgehead atoms. The summed E-state index contributed by atoms with van der Waals surface area (Å²) in [4.78, 5) is 31.2. The molecule has 0 aliphatic heterocycles. The minimum absolute atomic E-state index is 0.385. The Labute approximate surface area is 208 Å². The van der Waals surface area contributed by atoms with E-state index in [1.54, 1.807) is 18.3 Å². The van der Waals surface area contributed by atoms with Crippen LogP contribution in [-0.4, -0.2) is 30.5 Å². The number of carbonyl (C=O) groups is 1. The normalized spacial score (nSPS) is 13.2. The third kappa shape index (κ3) is 4.19. The molecular weight excluding hydrogens is 452 g/mol. The van der Waals surface area contributed by atoms with Crippen molar-refractivity contribution in [3.63, 3.8) is 0 Å². The minimum Gasteiger partial charge on any atom is -0.328 e. The summed E-state index contributed by atoms with van der Waals surface area (Å²) in [7, 11) is 0. The van der Waals surface area contributed by atoms with Crippen molar-refractivity contribution in [3.8, 4) is 0 Å². The number of nitrogens with zero attached hydrogens (tertiary/aromatic N) is 5. The Kier molecular flexibility index (Phi) is 5.44. The molecule has 1 fully saturated rings. The molecule has 9 heteroatoms. The average Bonchev–Trinajstić information content (AvgIpc) is 3.65. The highest BCUT2D eigenvalue weighted by Gasteiger charge is 2.30. The Morgan fingerprint density at radius 3 is 2.69 bits per heavy atom. The average molecular weight is 479 g/mol. The topological polar surface area (TPSA) is 110 Å². The number of anilines is 4. The van der Waals surface area contributed by atoms with Gasteiger partial charge in [-0.25, -0.2) is 24.7 Å². The molecule has 1 saturated carbocycles. The summed E-state index contributed by atoms with van der Waals surface area (Å²) in [6.07, 6.45) is 5.73. The maximum atomic E-state index is 12.8. The Bertz CT molecular complexity index is 1590. The zero-order chi connectivity index (χ0) is 24.6. The molecule has 6 rings (SSSR count). The van der Waals surface area contributed by atoms with Crippen molar-refractivity contribution in [1.82, 2.24) is 24.5 Å². The van der Waals surface area contributed by atoms with Crippen LogP contribution in [0.2, 0.25) is 0 Å². The van der Waals surface area contributed by atoms with Crippen molar-refractivity contribution >= 4 is 51.1 Å². The van der Waals surface area contributed by atoms with Crippen molar-refractivity contribution in [1.29, 1.82) is 0 Å². The van der Waals surface area contributed by atoms with E-state index in [1.807, 2.05) is 49.5 Å². The monoisotopic (exact) mass is 478 g/mol. The molecule has 3 heterocycles. The lowest BCUT2D eigenvalue weighted by atomic mass is 10.1. The van der Waals surface area contributed by atoms with E-state index in [4.69, 9.17) is 9.97 Å². The highest BCUT2D eigenvalue weighted by molar-refractivity contribution is 6.05. The van der Waals surface area contributed by atoms with Gasteiger partial charge in [-0.3, -0.25) is 5.32 Å². The van der Waals surface area contributed by atoms with Gasteiger partial charge < -0.3 is 15.2 Å². The van der Waals surface area contributed by atoms with Gasteiger partial charge in [0.2, 0.25) is 5.95 Å². The van der Waals surface area contributed by atoms with Gasteiger partial charge in [-0.05, 0) is 56.5 Å². The van der Waals surface area contributed by atoms with Crippen LogP contribution in [0.4, 0.5) is 27.9 Å². The third-order valence-electron chi connectivity index (χ3n) is 6.37. The Morgan fingerprint density at radius 2 is 1.92 bits per heavy atom. The second-order valence-corrected chi connectivity index (χ2v) is 9.01. The van der Waals surface area contributed by atoms with Crippen LogP contribution >= 0.6 is 0 Å². The summed E-state index contributed by atoms with van der Waals surface area (Å²) in [5, 5.41) is 10.1. The van der Waals surface area contributed by atoms with Crippen molar-refractivity contribution in [2.75, 3.05) is 16.0 Å². The first-order chi connectivity index (χ1) is 17.6. The number of amides is 2. The van der Waals surface area contributed by atoms with Crippen molar-refractivity contribution in [2.45, 2.75) is 39.2 Å². The van der Waals surface area contributed by atoms with Gasteiger partial charge in [-0.2, -0.15) is 0 Å². The fourth-order valence-corrected chi connectivity index (χ4v) is 4.49. The number of benzene rings is 2. The van der Waals surface area contributed by atoms with Crippen molar-refractivity contribution in [3.05, 3.63) is 72.3 Å². The molecule has 3 N–H and O–H groups in total. The number of urea groups is 1. The lowest BCUT2D eigenvalue weighted by Gasteiger charge is -2.12. The highest BCUT2D eigenvalue weighted by Crippen LogP contribution is 2.42. The molecule has 0 unspecified atom stereocenters. The largest absolute Gasteiger partial charge is 0.328 e. The van der Waals surface area contributed by atoms with Crippen LogP contribution in [0.15, 0.2) is 60.9 Å². The maximum absolute atomic E-state index is 12.8. The number of nitrogens with one attached hydrogen (secondary N) is 3. The first-order valence-electron chi connectivity index (χ1n) is 12.1. The van der Waals surface area contributed by atoms with Gasteiger partial charge in [0.1, 0.15) is 17.2 Å². The summed E-state index contributed by atoms with van der Waals surface area (Å²) >= 11 is 0. The molecule has 3 aromatic heterocycles. The zero-order valence-corrected chi connectivity index (χ0v) is 20.1. The maximum Gasteiger partial charge on any atom is 0.324 e. The number of imidazole rings is 1. The van der Waals surface area contributed by atoms with Gasteiger partial charge in [-0.15, -0.1) is 0 Å². The Morgan fingerprint density at radius 1 is 1.03 bits per heavy atom. The number of carbonyl (C=O) groups excluding carboxylic acids is 1. The number of aryl methyl sites for hydroxylation is 2. The van der Waals surface area contributed by atoms with Gasteiger partial charge in [0, 0.05) is 35.9 Å². The molecule has 0 spiro atoms. The molecule has 1 aliphatic rings. The molecular formula is C27H26N8O. The fourth-order valence-electron chi connectivity index (χ4n) is 4.49. The molecule has 0 radical (unpaired) electrons. The summed E-state index contributed by atoms with van der Waals surface area (Å²) in [5.74, 6) is 2.49. The minimum atomic E-state index is -0.385. The van der Waals surface area contributed by atoms with E-state index >= 15 is 0 Å². The molecule has 0 saturated heterocycles. The van der Waals surface area contributed by atoms with Gasteiger partial charge in [-0.1, -0.05) is 24.3 Å². The molecule has 5 aromatic rings. The van der Waals surface area contributed by atoms with Gasteiger partial charge in [0.25, 0.3) is 0 Å². The summed E-state index contributed by atoms with van der Waals surface area (Å²) in [6.45, 7) is 4.94. The first kappa shape index (κ1) is 22.0. The molecule has 0 atom stereocenters. The number of aromatic nitrogens is 5. The van der Waals surface area contributed by atoms with Crippen LogP contribution < -0.4 is 16.0 Å². The van der Waals surface area contributed by atoms with Crippen LogP contribution in [-0.2, 0) is 6.54 Å². The fraction of sp³-hybridized carbons (Fsp3) is 0.222. The smallest absolute Gasteiger partial charge is 0.324 e. The highest BCUT2D eigenvalue weighted by atomic mass is 16.2. The third-order valence-corrected chi connectivity index (χ3v) is 6.37. The standard InChI is InChI=1S/C27H26N8O/c1-3-35-21-14-19(30-26-29-15-18-8-6-7-16(2)23(18)34-26)13-20(24(21)33-25(35)17-10-11-17)31-27(36)32-22-9-4-5-12-28-22/h4-9,12-15,17H,3,10-11H2,1-2H3,(H,29,30,34)(H2,28,31,32,36). The second-order valence-electron chi connectivity index (χ2n) is 9.01. The molecule has 36 heavy (non-hydrogen) atoms. The number of fused-ring (bicyclic) bond motifs is 2. The quantitative estimate of drug-likeness (QED) is 0.277. The van der Waals surface area contributed by atoms with E-state index in [-0.39, 0.29) is 6.03 Å². The van der Waals surface area contributed by atoms with Crippen molar-refractivity contribution in [2.24, 2.45) is 0 Å². The Balaban J connectivity index is 1.39. The van der Waals surface area contributed by atoms with Crippen LogP contribution in [0.5, 0.6) is 0 Å². The molecule has 180 valence electrons. The number of rotatable bonds is 6. The number of hydrogen-bond acceptors (Lipinski definition) is 6. The number of hydrogen-bond donors (Lipinski definition) is 3. The van der Waals surface area contributed by atoms with Crippen LogP contribution in [0.25, 0.3) is 21.9 Å². The van der Waals surface area contributed by atoms with Crippen LogP contribution in [0.3, 0.4) is 0 Å². The zero-order valence-electron chi connectivity index (χ0n) is 20.1. The second kappa shape index (κ2) is 8.92. The molecule has 1 aliphatic carbocycles. The van der Waals surface area contributed by atoms with Gasteiger partial charge in [0.15, 0.2) is 0 Å². The van der Waals surface area contributed by atoms with Crippen LogP contribution in [0, 0.1) is 6.92 Å². The lowest BCUT2D eigenvalue weighted by molar-refractivity contribution is 0.262. The van der Waals surface area contributed by atoms with Crippen LogP contribution in [0.1, 0.15) is 37.1 Å². The van der Waals surface area contributed by atoms with Gasteiger partial charge >= 0.3 is 6.03 Å². The predicted octanol–water partition coefficient (Wildman–Crippen LogP) is 5.97. The van der Waals surface area contributed by atoms with Crippen molar-refractivity contribution < 1.29 is 4.79 Å². The number of pyridine rings is 1. The summed E-state index contributed by atoms with van der Waals surface area (Å²) in [6, 6.07) is 14.9. The van der Waals surface area contributed by atoms with E-state index < -0.39 is 0 Å². The lowest BCUT2D eigenvalue weighted by Crippen LogP contribution is -2.20.